The van der Waals surface area contributed by atoms with Crippen molar-refractivity contribution in [1.82, 2.24) is 0 Å². The van der Waals surface area contributed by atoms with Gasteiger partial charge >= 0.3 is 0 Å². The van der Waals surface area contributed by atoms with Crippen molar-refractivity contribution in [3.05, 3.63) is 29.6 Å². The summed E-state index contributed by atoms with van der Waals surface area (Å²) in [6.07, 6.45) is 5.13. The number of ether oxygens (including phenoxy) is 1. The highest BCUT2D eigenvalue weighted by Crippen LogP contribution is 2.22. The Kier molecular flexibility index (Phi) is 6.73. The smallest absolute Gasteiger partial charge is 0.168 e. The average Bonchev–Trinajstić information content (AvgIpc) is 2.37. The molecule has 102 valence electrons. The van der Waals surface area contributed by atoms with E-state index in [0.29, 0.717) is 12.0 Å². The molecule has 1 N–H and O–H groups in total. The topological polar surface area (TPSA) is 29.5 Å². The van der Waals surface area contributed by atoms with Gasteiger partial charge < -0.3 is 9.84 Å². The Hall–Kier alpha value is -1.09. The zero-order valence-corrected chi connectivity index (χ0v) is 11.3. The van der Waals surface area contributed by atoms with Crippen LogP contribution in [0.25, 0.3) is 0 Å². The van der Waals surface area contributed by atoms with Gasteiger partial charge in [0.05, 0.1) is 13.2 Å². The van der Waals surface area contributed by atoms with Crippen LogP contribution in [0.2, 0.25) is 0 Å². The van der Waals surface area contributed by atoms with E-state index < -0.39 is 6.10 Å². The number of rotatable bonds is 8. The molecule has 0 saturated carbocycles. The van der Waals surface area contributed by atoms with Crippen molar-refractivity contribution in [2.75, 3.05) is 7.11 Å². The number of hydrogen-bond donors (Lipinski definition) is 1. The minimum atomic E-state index is -0.469. The van der Waals surface area contributed by atoms with Gasteiger partial charge in [0.1, 0.15) is 0 Å². The second-order valence-corrected chi connectivity index (χ2v) is 4.64. The first-order valence-electron chi connectivity index (χ1n) is 6.68. The molecule has 3 heteroatoms. The molecule has 0 amide bonds. The molecule has 18 heavy (non-hydrogen) atoms. The molecule has 1 unspecified atom stereocenters. The van der Waals surface area contributed by atoms with Gasteiger partial charge in [-0.05, 0) is 18.1 Å². The first-order chi connectivity index (χ1) is 8.69. The van der Waals surface area contributed by atoms with Crippen LogP contribution >= 0.6 is 0 Å². The van der Waals surface area contributed by atoms with Crippen LogP contribution in [0.15, 0.2) is 18.2 Å². The van der Waals surface area contributed by atoms with Crippen LogP contribution in [0, 0.1) is 5.82 Å². The highest BCUT2D eigenvalue weighted by atomic mass is 19.1. The number of hydrogen-bond acceptors (Lipinski definition) is 2. The normalized spacial score (nSPS) is 12.4. The Balaban J connectivity index is 2.46. The molecule has 1 aromatic carbocycles. The molecule has 0 aliphatic heterocycles. The lowest BCUT2D eigenvalue weighted by molar-refractivity contribution is 0.159. The molecule has 0 spiro atoms. The van der Waals surface area contributed by atoms with E-state index in [9.17, 15) is 9.50 Å². The van der Waals surface area contributed by atoms with Gasteiger partial charge in [0.2, 0.25) is 0 Å². The van der Waals surface area contributed by atoms with Crippen molar-refractivity contribution >= 4 is 0 Å². The van der Waals surface area contributed by atoms with Gasteiger partial charge in [0, 0.05) is 6.42 Å². The quantitative estimate of drug-likeness (QED) is 0.717. The summed E-state index contributed by atoms with van der Waals surface area (Å²) >= 11 is 0. The molecule has 0 aromatic heterocycles. The summed E-state index contributed by atoms with van der Waals surface area (Å²) in [4.78, 5) is 0. The van der Waals surface area contributed by atoms with E-state index >= 15 is 0 Å². The molecule has 0 aliphatic carbocycles. The van der Waals surface area contributed by atoms with E-state index in [4.69, 9.17) is 4.74 Å². The lowest BCUT2D eigenvalue weighted by Gasteiger charge is -2.12. The van der Waals surface area contributed by atoms with Crippen LogP contribution in [0.5, 0.6) is 5.75 Å². The number of aliphatic hydroxyl groups is 1. The van der Waals surface area contributed by atoms with E-state index in [2.05, 4.69) is 6.92 Å². The SMILES string of the molecule is CCCCCCC(O)Cc1cccc(OC)c1F. The maximum absolute atomic E-state index is 13.8. The molecular formula is C15H23FO2. The summed E-state index contributed by atoms with van der Waals surface area (Å²) in [6.45, 7) is 2.15. The molecule has 1 atom stereocenters. The Bertz CT molecular complexity index is 352. The van der Waals surface area contributed by atoms with E-state index in [0.717, 1.165) is 19.3 Å². The summed E-state index contributed by atoms with van der Waals surface area (Å²) in [6, 6.07) is 5.04. The van der Waals surface area contributed by atoms with Crippen molar-refractivity contribution in [3.8, 4) is 5.75 Å². The Morgan fingerprint density at radius 1 is 1.28 bits per heavy atom. The highest BCUT2D eigenvalue weighted by molar-refractivity contribution is 5.31. The number of halogens is 1. The van der Waals surface area contributed by atoms with E-state index in [-0.39, 0.29) is 11.6 Å². The maximum Gasteiger partial charge on any atom is 0.168 e. The molecule has 2 nitrogen and oxygen atoms in total. The molecule has 0 saturated heterocycles. The maximum atomic E-state index is 13.8. The van der Waals surface area contributed by atoms with Crippen LogP contribution in [0.1, 0.15) is 44.6 Å². The highest BCUT2D eigenvalue weighted by Gasteiger charge is 2.12. The second kappa shape index (κ2) is 8.09. The van der Waals surface area contributed by atoms with Crippen LogP contribution in [-0.2, 0) is 6.42 Å². The van der Waals surface area contributed by atoms with Gasteiger partial charge in [-0.15, -0.1) is 0 Å². The van der Waals surface area contributed by atoms with Crippen molar-refractivity contribution in [2.24, 2.45) is 0 Å². The Morgan fingerprint density at radius 3 is 2.72 bits per heavy atom. The predicted molar refractivity (Wildman–Crippen MR) is 71.4 cm³/mol. The molecule has 1 aromatic rings. The number of methoxy groups -OCH3 is 1. The standard InChI is InChI=1S/C15H23FO2/c1-3-4-5-6-9-13(17)11-12-8-7-10-14(18-2)15(12)16/h7-8,10,13,17H,3-6,9,11H2,1-2H3. The van der Waals surface area contributed by atoms with E-state index in [1.54, 1.807) is 18.2 Å². The lowest BCUT2D eigenvalue weighted by Crippen LogP contribution is -2.11. The molecule has 1 rings (SSSR count). The fourth-order valence-corrected chi connectivity index (χ4v) is 2.03. The largest absolute Gasteiger partial charge is 0.494 e. The van der Waals surface area contributed by atoms with Gasteiger partial charge in [-0.1, -0.05) is 44.7 Å². The monoisotopic (exact) mass is 254 g/mol. The molecule has 0 bridgehead atoms. The summed E-state index contributed by atoms with van der Waals surface area (Å²) in [7, 11) is 1.45. The van der Waals surface area contributed by atoms with E-state index in [1.807, 2.05) is 0 Å². The van der Waals surface area contributed by atoms with Gasteiger partial charge in [0.25, 0.3) is 0 Å². The van der Waals surface area contributed by atoms with E-state index in [1.165, 1.54) is 20.0 Å². The minimum Gasteiger partial charge on any atom is -0.494 e. The third kappa shape index (κ3) is 4.65. The average molecular weight is 254 g/mol. The third-order valence-electron chi connectivity index (χ3n) is 3.11. The van der Waals surface area contributed by atoms with Gasteiger partial charge in [0.15, 0.2) is 11.6 Å². The summed E-state index contributed by atoms with van der Waals surface area (Å²) < 4.78 is 18.8. The van der Waals surface area contributed by atoms with Gasteiger partial charge in [-0.25, -0.2) is 4.39 Å². The number of unbranched alkanes of at least 4 members (excludes halogenated alkanes) is 3. The van der Waals surface area contributed by atoms with Gasteiger partial charge in [-0.2, -0.15) is 0 Å². The molecule has 0 heterocycles. The summed E-state index contributed by atoms with van der Waals surface area (Å²) in [5.74, 6) is -0.113. The summed E-state index contributed by atoms with van der Waals surface area (Å²) in [5, 5.41) is 9.88. The first kappa shape index (κ1) is 15.0. The number of benzene rings is 1. The van der Waals surface area contributed by atoms with Crippen LogP contribution in [0.4, 0.5) is 4.39 Å². The zero-order chi connectivity index (χ0) is 13.4. The Morgan fingerprint density at radius 2 is 2.06 bits per heavy atom. The zero-order valence-electron chi connectivity index (χ0n) is 11.3. The van der Waals surface area contributed by atoms with Crippen LogP contribution in [-0.4, -0.2) is 18.3 Å². The van der Waals surface area contributed by atoms with Crippen molar-refractivity contribution < 1.29 is 14.2 Å². The third-order valence-corrected chi connectivity index (χ3v) is 3.11. The fourth-order valence-electron chi connectivity index (χ4n) is 2.03. The minimum absolute atomic E-state index is 0.241. The number of aliphatic hydroxyl groups excluding tert-OH is 1. The molecular weight excluding hydrogens is 231 g/mol. The van der Waals surface area contributed by atoms with Crippen molar-refractivity contribution in [1.29, 1.82) is 0 Å². The van der Waals surface area contributed by atoms with Crippen molar-refractivity contribution in [3.63, 3.8) is 0 Å². The molecule has 0 radical (unpaired) electrons. The fraction of sp³-hybridized carbons (Fsp3) is 0.600. The molecule has 0 fully saturated rings. The van der Waals surface area contributed by atoms with Crippen molar-refractivity contribution in [2.45, 2.75) is 51.6 Å². The predicted octanol–water partition coefficient (Wildman–Crippen LogP) is 3.71. The van der Waals surface area contributed by atoms with Crippen LogP contribution in [0.3, 0.4) is 0 Å². The lowest BCUT2D eigenvalue weighted by atomic mass is 10.0. The Labute approximate surface area is 109 Å². The first-order valence-corrected chi connectivity index (χ1v) is 6.68. The summed E-state index contributed by atoms with van der Waals surface area (Å²) in [5.41, 5.74) is 0.525. The second-order valence-electron chi connectivity index (χ2n) is 4.64. The molecule has 0 aliphatic rings. The van der Waals surface area contributed by atoms with Gasteiger partial charge in [-0.3, -0.25) is 0 Å². The van der Waals surface area contributed by atoms with Crippen LogP contribution < -0.4 is 4.74 Å².